The molecule has 2 N–H and O–H groups in total. The SMILES string of the molecule is COc1ccc(CCNC(=O)CC(=O)Nc2cc(C)cc(C)c2)cc1. The summed E-state index contributed by atoms with van der Waals surface area (Å²) in [5.41, 5.74) is 3.95. The number of aryl methyl sites for hydroxylation is 2. The molecule has 2 amide bonds. The number of anilines is 1. The molecule has 2 rings (SSSR count). The summed E-state index contributed by atoms with van der Waals surface area (Å²) in [5.74, 6) is 0.207. The summed E-state index contributed by atoms with van der Waals surface area (Å²) in [6.45, 7) is 4.42. The molecule has 0 saturated heterocycles. The predicted octanol–water partition coefficient (Wildman–Crippen LogP) is 3.00. The number of amides is 2. The second-order valence-electron chi connectivity index (χ2n) is 6.05. The van der Waals surface area contributed by atoms with Crippen LogP contribution in [-0.2, 0) is 16.0 Å². The van der Waals surface area contributed by atoms with Crippen molar-refractivity contribution in [1.82, 2.24) is 5.32 Å². The van der Waals surface area contributed by atoms with Crippen LogP contribution in [0.15, 0.2) is 42.5 Å². The minimum Gasteiger partial charge on any atom is -0.497 e. The van der Waals surface area contributed by atoms with E-state index in [0.29, 0.717) is 18.7 Å². The molecule has 0 heterocycles. The van der Waals surface area contributed by atoms with Crippen LogP contribution in [0.2, 0.25) is 0 Å². The van der Waals surface area contributed by atoms with E-state index in [4.69, 9.17) is 4.74 Å². The highest BCUT2D eigenvalue weighted by molar-refractivity contribution is 6.03. The molecule has 2 aromatic carbocycles. The largest absolute Gasteiger partial charge is 0.497 e. The normalized spacial score (nSPS) is 10.2. The first-order valence-corrected chi connectivity index (χ1v) is 8.24. The number of hydrogen-bond donors (Lipinski definition) is 2. The molecule has 25 heavy (non-hydrogen) atoms. The van der Waals surface area contributed by atoms with E-state index < -0.39 is 0 Å². The van der Waals surface area contributed by atoms with Gasteiger partial charge in [0, 0.05) is 12.2 Å². The first-order valence-electron chi connectivity index (χ1n) is 8.24. The molecule has 0 spiro atoms. The molecule has 132 valence electrons. The summed E-state index contributed by atoms with van der Waals surface area (Å²) in [5, 5.41) is 5.53. The van der Waals surface area contributed by atoms with Gasteiger partial charge in [0.25, 0.3) is 0 Å². The Kier molecular flexibility index (Phi) is 6.57. The third kappa shape index (κ3) is 6.30. The van der Waals surface area contributed by atoms with Crippen molar-refractivity contribution in [2.75, 3.05) is 19.0 Å². The maximum Gasteiger partial charge on any atom is 0.233 e. The summed E-state index contributed by atoms with van der Waals surface area (Å²) in [6, 6.07) is 13.5. The molecule has 0 bridgehead atoms. The van der Waals surface area contributed by atoms with E-state index in [1.807, 2.05) is 56.3 Å². The molecule has 0 atom stereocenters. The maximum absolute atomic E-state index is 12.0. The van der Waals surface area contributed by atoms with Gasteiger partial charge in [-0.15, -0.1) is 0 Å². The second kappa shape index (κ2) is 8.87. The van der Waals surface area contributed by atoms with Crippen molar-refractivity contribution in [2.45, 2.75) is 26.7 Å². The number of nitrogens with one attached hydrogen (secondary N) is 2. The molecule has 0 aliphatic heterocycles. The highest BCUT2D eigenvalue weighted by Gasteiger charge is 2.09. The number of methoxy groups -OCH3 is 1. The zero-order chi connectivity index (χ0) is 18.2. The lowest BCUT2D eigenvalue weighted by Crippen LogP contribution is -2.29. The molecule has 0 unspecified atom stereocenters. The van der Waals surface area contributed by atoms with E-state index >= 15 is 0 Å². The van der Waals surface area contributed by atoms with Crippen molar-refractivity contribution in [1.29, 1.82) is 0 Å². The zero-order valence-corrected chi connectivity index (χ0v) is 14.9. The van der Waals surface area contributed by atoms with Crippen LogP contribution in [0.1, 0.15) is 23.1 Å². The van der Waals surface area contributed by atoms with E-state index in [1.165, 1.54) is 0 Å². The number of carbonyl (C=O) groups is 2. The fourth-order valence-electron chi connectivity index (χ4n) is 2.60. The monoisotopic (exact) mass is 340 g/mol. The highest BCUT2D eigenvalue weighted by atomic mass is 16.5. The molecule has 0 saturated carbocycles. The van der Waals surface area contributed by atoms with Crippen molar-refractivity contribution in [3.8, 4) is 5.75 Å². The van der Waals surface area contributed by atoms with Gasteiger partial charge in [0.2, 0.25) is 11.8 Å². The Morgan fingerprint density at radius 3 is 2.20 bits per heavy atom. The first-order chi connectivity index (χ1) is 12.0. The maximum atomic E-state index is 12.0. The van der Waals surface area contributed by atoms with Gasteiger partial charge in [-0.25, -0.2) is 0 Å². The molecule has 5 nitrogen and oxygen atoms in total. The topological polar surface area (TPSA) is 67.4 Å². The lowest BCUT2D eigenvalue weighted by Gasteiger charge is -2.08. The summed E-state index contributed by atoms with van der Waals surface area (Å²) >= 11 is 0. The zero-order valence-electron chi connectivity index (χ0n) is 14.9. The smallest absolute Gasteiger partial charge is 0.233 e. The van der Waals surface area contributed by atoms with Gasteiger partial charge in [0.15, 0.2) is 0 Å². The Hall–Kier alpha value is -2.82. The standard InChI is InChI=1S/C20H24N2O3/c1-14-10-15(2)12-17(11-14)22-20(24)13-19(23)21-9-8-16-4-6-18(25-3)7-5-16/h4-7,10-12H,8-9,13H2,1-3H3,(H,21,23)(H,22,24). The molecular weight excluding hydrogens is 316 g/mol. The van der Waals surface area contributed by atoms with Gasteiger partial charge in [0.1, 0.15) is 12.2 Å². The predicted molar refractivity (Wildman–Crippen MR) is 98.9 cm³/mol. The van der Waals surface area contributed by atoms with Gasteiger partial charge in [-0.3, -0.25) is 9.59 Å². The molecule has 0 fully saturated rings. The van der Waals surface area contributed by atoms with Crippen LogP contribution in [0.4, 0.5) is 5.69 Å². The van der Waals surface area contributed by atoms with Crippen molar-refractivity contribution >= 4 is 17.5 Å². The number of ether oxygens (including phenoxy) is 1. The number of hydrogen-bond acceptors (Lipinski definition) is 3. The molecule has 0 radical (unpaired) electrons. The van der Waals surface area contributed by atoms with Crippen LogP contribution in [0.25, 0.3) is 0 Å². The van der Waals surface area contributed by atoms with Crippen LogP contribution in [0.5, 0.6) is 5.75 Å². The third-order valence-corrected chi connectivity index (χ3v) is 3.72. The van der Waals surface area contributed by atoms with Crippen LogP contribution in [0, 0.1) is 13.8 Å². The molecule has 0 aliphatic rings. The quantitative estimate of drug-likeness (QED) is 0.762. The second-order valence-corrected chi connectivity index (χ2v) is 6.05. The minimum atomic E-state index is -0.313. The Balaban J connectivity index is 1.74. The van der Waals surface area contributed by atoms with Crippen molar-refractivity contribution in [2.24, 2.45) is 0 Å². The van der Waals surface area contributed by atoms with Gasteiger partial charge in [-0.1, -0.05) is 18.2 Å². The van der Waals surface area contributed by atoms with E-state index in [9.17, 15) is 9.59 Å². The van der Waals surface area contributed by atoms with E-state index in [2.05, 4.69) is 10.6 Å². The Labute approximate surface area is 148 Å². The average Bonchev–Trinajstić information content (AvgIpc) is 2.54. The molecule has 5 heteroatoms. The minimum absolute atomic E-state index is 0.185. The van der Waals surface area contributed by atoms with Crippen LogP contribution < -0.4 is 15.4 Å². The summed E-state index contributed by atoms with van der Waals surface area (Å²) < 4.78 is 5.10. The van der Waals surface area contributed by atoms with Gasteiger partial charge in [-0.05, 0) is 61.2 Å². The lowest BCUT2D eigenvalue weighted by molar-refractivity contribution is -0.126. The van der Waals surface area contributed by atoms with E-state index in [1.54, 1.807) is 7.11 Å². The Morgan fingerprint density at radius 2 is 1.60 bits per heavy atom. The summed E-state index contributed by atoms with van der Waals surface area (Å²) in [6.07, 6.45) is 0.518. The fraction of sp³-hybridized carbons (Fsp3) is 0.300. The summed E-state index contributed by atoms with van der Waals surface area (Å²) in [4.78, 5) is 23.8. The lowest BCUT2D eigenvalue weighted by atomic mass is 10.1. The van der Waals surface area contributed by atoms with Crippen LogP contribution in [-0.4, -0.2) is 25.5 Å². The highest BCUT2D eigenvalue weighted by Crippen LogP contribution is 2.14. The van der Waals surface area contributed by atoms with Gasteiger partial charge < -0.3 is 15.4 Å². The fourth-order valence-corrected chi connectivity index (χ4v) is 2.60. The van der Waals surface area contributed by atoms with Crippen molar-refractivity contribution < 1.29 is 14.3 Å². The molecule has 2 aromatic rings. The summed E-state index contributed by atoms with van der Waals surface area (Å²) in [7, 11) is 1.62. The van der Waals surface area contributed by atoms with E-state index in [-0.39, 0.29) is 18.2 Å². The molecule has 0 aliphatic carbocycles. The Morgan fingerprint density at radius 1 is 0.960 bits per heavy atom. The number of rotatable bonds is 7. The molecular formula is C20H24N2O3. The third-order valence-electron chi connectivity index (χ3n) is 3.72. The van der Waals surface area contributed by atoms with Gasteiger partial charge in [0.05, 0.1) is 7.11 Å². The van der Waals surface area contributed by atoms with Crippen molar-refractivity contribution in [3.63, 3.8) is 0 Å². The van der Waals surface area contributed by atoms with Crippen molar-refractivity contribution in [3.05, 3.63) is 59.2 Å². The number of carbonyl (C=O) groups excluding carboxylic acids is 2. The van der Waals surface area contributed by atoms with E-state index in [0.717, 1.165) is 22.4 Å². The first kappa shape index (κ1) is 18.5. The van der Waals surface area contributed by atoms with Gasteiger partial charge >= 0.3 is 0 Å². The van der Waals surface area contributed by atoms with Crippen LogP contribution in [0.3, 0.4) is 0 Å². The average molecular weight is 340 g/mol. The van der Waals surface area contributed by atoms with Crippen LogP contribution >= 0.6 is 0 Å². The number of benzene rings is 2. The Bertz CT molecular complexity index is 719. The van der Waals surface area contributed by atoms with Gasteiger partial charge in [-0.2, -0.15) is 0 Å². The molecule has 0 aromatic heterocycles.